The summed E-state index contributed by atoms with van der Waals surface area (Å²) in [5.41, 5.74) is 6.73. The summed E-state index contributed by atoms with van der Waals surface area (Å²) in [6.07, 6.45) is 0. The lowest BCUT2D eigenvalue weighted by Gasteiger charge is -2.23. The molecule has 0 spiro atoms. The molecule has 1 atom stereocenters. The highest BCUT2D eigenvalue weighted by atomic mass is 79.9. The van der Waals surface area contributed by atoms with E-state index in [0.717, 1.165) is 10.0 Å². The van der Waals surface area contributed by atoms with Crippen LogP contribution in [0.5, 0.6) is 0 Å². The lowest BCUT2D eigenvalue weighted by Crippen LogP contribution is -2.27. The van der Waals surface area contributed by atoms with Crippen molar-refractivity contribution in [2.75, 3.05) is 0 Å². The molecular weight excluding hydrogens is 330 g/mol. The van der Waals surface area contributed by atoms with E-state index < -0.39 is 0 Å². The van der Waals surface area contributed by atoms with Gasteiger partial charge in [0.2, 0.25) is 0 Å². The highest BCUT2D eigenvalue weighted by molar-refractivity contribution is 9.10. The third-order valence-electron chi connectivity index (χ3n) is 2.81. The van der Waals surface area contributed by atoms with E-state index in [9.17, 15) is 0 Å². The molecule has 0 bridgehead atoms. The molecule has 0 saturated carbocycles. The quantitative estimate of drug-likeness (QED) is 0.886. The van der Waals surface area contributed by atoms with Crippen molar-refractivity contribution < 1.29 is 4.52 Å². The predicted octanol–water partition coefficient (Wildman–Crippen LogP) is 4.20. The van der Waals surface area contributed by atoms with Gasteiger partial charge < -0.3 is 10.3 Å². The van der Waals surface area contributed by atoms with Crippen molar-refractivity contribution in [1.29, 1.82) is 0 Å². The zero-order valence-electron chi connectivity index (χ0n) is 10.9. The van der Waals surface area contributed by atoms with Gasteiger partial charge in [-0.3, -0.25) is 0 Å². The van der Waals surface area contributed by atoms with E-state index in [-0.39, 0.29) is 11.5 Å². The average Bonchev–Trinajstić information content (AvgIpc) is 2.79. The summed E-state index contributed by atoms with van der Waals surface area (Å²) in [7, 11) is 0. The fourth-order valence-electron chi connectivity index (χ4n) is 1.52. The normalized spacial score (nSPS) is 13.6. The SMILES string of the molecule is CC(C)(C)C(N)c1noc(-c2cc(Cl)ccc2Br)n1. The van der Waals surface area contributed by atoms with Gasteiger partial charge in [-0.1, -0.05) is 37.5 Å². The fourth-order valence-corrected chi connectivity index (χ4v) is 2.11. The molecule has 0 amide bonds. The van der Waals surface area contributed by atoms with Crippen molar-refractivity contribution in [3.63, 3.8) is 0 Å². The lowest BCUT2D eigenvalue weighted by atomic mass is 9.87. The molecule has 1 aromatic heterocycles. The fraction of sp³-hybridized carbons (Fsp3) is 0.385. The molecule has 2 aromatic rings. The maximum absolute atomic E-state index is 6.11. The third-order valence-corrected chi connectivity index (χ3v) is 3.74. The Morgan fingerprint density at radius 1 is 1.37 bits per heavy atom. The Bertz CT molecular complexity index is 592. The largest absolute Gasteiger partial charge is 0.334 e. The summed E-state index contributed by atoms with van der Waals surface area (Å²) < 4.78 is 6.12. The molecule has 102 valence electrons. The van der Waals surface area contributed by atoms with Gasteiger partial charge in [0.25, 0.3) is 5.89 Å². The number of benzene rings is 1. The van der Waals surface area contributed by atoms with E-state index in [4.69, 9.17) is 21.9 Å². The zero-order valence-corrected chi connectivity index (χ0v) is 13.3. The van der Waals surface area contributed by atoms with Crippen molar-refractivity contribution in [3.05, 3.63) is 33.5 Å². The molecule has 1 unspecified atom stereocenters. The predicted molar refractivity (Wildman–Crippen MR) is 78.8 cm³/mol. The Morgan fingerprint density at radius 2 is 2.05 bits per heavy atom. The van der Waals surface area contributed by atoms with Crippen LogP contribution in [0.4, 0.5) is 0 Å². The molecule has 2 N–H and O–H groups in total. The van der Waals surface area contributed by atoms with E-state index in [2.05, 4.69) is 26.1 Å². The Hall–Kier alpha value is -0.910. The van der Waals surface area contributed by atoms with Crippen molar-refractivity contribution in [3.8, 4) is 11.5 Å². The molecule has 19 heavy (non-hydrogen) atoms. The minimum Gasteiger partial charge on any atom is -0.334 e. The summed E-state index contributed by atoms with van der Waals surface area (Å²) in [6, 6.07) is 5.10. The van der Waals surface area contributed by atoms with Crippen LogP contribution in [0, 0.1) is 5.41 Å². The van der Waals surface area contributed by atoms with E-state index in [1.54, 1.807) is 12.1 Å². The van der Waals surface area contributed by atoms with Crippen LogP contribution in [0.2, 0.25) is 5.02 Å². The van der Waals surface area contributed by atoms with Gasteiger partial charge in [-0.15, -0.1) is 0 Å². The lowest BCUT2D eigenvalue weighted by molar-refractivity contribution is 0.303. The molecule has 0 aliphatic rings. The number of rotatable bonds is 2. The second kappa shape index (κ2) is 5.23. The molecule has 6 heteroatoms. The molecule has 0 aliphatic carbocycles. The zero-order chi connectivity index (χ0) is 14.2. The van der Waals surface area contributed by atoms with Crippen LogP contribution in [-0.4, -0.2) is 10.1 Å². The van der Waals surface area contributed by atoms with Crippen LogP contribution in [0.25, 0.3) is 11.5 Å². The van der Waals surface area contributed by atoms with Gasteiger partial charge in [-0.05, 0) is 39.5 Å². The molecule has 0 radical (unpaired) electrons. The third kappa shape index (κ3) is 3.16. The molecule has 2 rings (SSSR count). The van der Waals surface area contributed by atoms with E-state index in [1.165, 1.54) is 0 Å². The van der Waals surface area contributed by atoms with E-state index in [0.29, 0.717) is 16.7 Å². The number of halogens is 2. The first-order valence-electron chi connectivity index (χ1n) is 5.83. The van der Waals surface area contributed by atoms with Crippen LogP contribution in [0.1, 0.15) is 32.6 Å². The van der Waals surface area contributed by atoms with E-state index >= 15 is 0 Å². The first-order chi connectivity index (χ1) is 8.79. The average molecular weight is 345 g/mol. The van der Waals surface area contributed by atoms with Crippen LogP contribution in [0.3, 0.4) is 0 Å². The van der Waals surface area contributed by atoms with Gasteiger partial charge in [0, 0.05) is 9.50 Å². The van der Waals surface area contributed by atoms with Gasteiger partial charge in [0.1, 0.15) is 0 Å². The number of aromatic nitrogens is 2. The highest BCUT2D eigenvalue weighted by Crippen LogP contribution is 2.33. The number of hydrogen-bond acceptors (Lipinski definition) is 4. The summed E-state index contributed by atoms with van der Waals surface area (Å²) in [6.45, 7) is 6.09. The summed E-state index contributed by atoms with van der Waals surface area (Å²) in [4.78, 5) is 4.36. The Balaban J connectivity index is 2.39. The molecule has 0 fully saturated rings. The van der Waals surface area contributed by atoms with Crippen molar-refractivity contribution in [2.24, 2.45) is 11.1 Å². The Labute approximate surface area is 125 Å². The Kier molecular flexibility index (Phi) is 3.99. The molecular formula is C13H15BrClN3O. The van der Waals surface area contributed by atoms with Gasteiger partial charge in [0.15, 0.2) is 5.82 Å². The van der Waals surface area contributed by atoms with Crippen LogP contribution >= 0.6 is 27.5 Å². The minimum atomic E-state index is -0.289. The van der Waals surface area contributed by atoms with E-state index in [1.807, 2.05) is 26.8 Å². The molecule has 0 saturated heterocycles. The van der Waals surface area contributed by atoms with Gasteiger partial charge in [-0.25, -0.2) is 0 Å². The van der Waals surface area contributed by atoms with Crippen molar-refractivity contribution in [2.45, 2.75) is 26.8 Å². The summed E-state index contributed by atoms with van der Waals surface area (Å²) >= 11 is 9.41. The number of nitrogens with zero attached hydrogens (tertiary/aromatic N) is 2. The first-order valence-corrected chi connectivity index (χ1v) is 7.01. The second-order valence-electron chi connectivity index (χ2n) is 5.43. The molecule has 0 aliphatic heterocycles. The number of hydrogen-bond donors (Lipinski definition) is 1. The molecule has 1 heterocycles. The van der Waals surface area contributed by atoms with Crippen molar-refractivity contribution in [1.82, 2.24) is 10.1 Å². The van der Waals surface area contributed by atoms with Gasteiger partial charge in [0.05, 0.1) is 11.6 Å². The number of nitrogens with two attached hydrogens (primary N) is 1. The summed E-state index contributed by atoms with van der Waals surface area (Å²) in [5, 5.41) is 4.56. The second-order valence-corrected chi connectivity index (χ2v) is 6.72. The first kappa shape index (κ1) is 14.5. The van der Waals surface area contributed by atoms with Gasteiger partial charge >= 0.3 is 0 Å². The summed E-state index contributed by atoms with van der Waals surface area (Å²) in [5.74, 6) is 0.901. The minimum absolute atomic E-state index is 0.132. The maximum atomic E-state index is 6.11. The van der Waals surface area contributed by atoms with Crippen LogP contribution < -0.4 is 5.73 Å². The molecule has 4 nitrogen and oxygen atoms in total. The smallest absolute Gasteiger partial charge is 0.259 e. The van der Waals surface area contributed by atoms with Crippen LogP contribution in [0.15, 0.2) is 27.2 Å². The van der Waals surface area contributed by atoms with Crippen LogP contribution in [-0.2, 0) is 0 Å². The standard InChI is InChI=1S/C13H15BrClN3O/c1-13(2,3)10(16)11-17-12(19-18-11)8-6-7(15)4-5-9(8)14/h4-6,10H,16H2,1-3H3. The monoisotopic (exact) mass is 343 g/mol. The Morgan fingerprint density at radius 3 is 2.68 bits per heavy atom. The highest BCUT2D eigenvalue weighted by Gasteiger charge is 2.27. The van der Waals surface area contributed by atoms with Crippen molar-refractivity contribution >= 4 is 27.5 Å². The topological polar surface area (TPSA) is 64.9 Å². The maximum Gasteiger partial charge on any atom is 0.259 e. The van der Waals surface area contributed by atoms with Gasteiger partial charge in [-0.2, -0.15) is 4.98 Å². The molecule has 1 aromatic carbocycles.